The second-order valence-electron chi connectivity index (χ2n) is 4.45. The lowest BCUT2D eigenvalue weighted by Crippen LogP contribution is -2.14. The molecule has 0 bridgehead atoms. The first-order valence-corrected chi connectivity index (χ1v) is 8.14. The number of nitrogens with one attached hydrogen (secondary N) is 1. The molecule has 1 fully saturated rings. The van der Waals surface area contributed by atoms with E-state index < -0.39 is 0 Å². The number of aromatic nitrogens is 1. The Morgan fingerprint density at radius 1 is 1.56 bits per heavy atom. The normalized spacial score (nSPS) is 21.9. The van der Waals surface area contributed by atoms with Crippen LogP contribution in [-0.2, 0) is 4.79 Å². The molecule has 1 aliphatic carbocycles. The molecule has 3 nitrogen and oxygen atoms in total. The zero-order valence-electron chi connectivity index (χ0n) is 9.64. The molecular formula is C12H11BrN2OS2. The monoisotopic (exact) mass is 342 g/mol. The van der Waals surface area contributed by atoms with E-state index >= 15 is 0 Å². The number of anilines is 1. The minimum atomic E-state index is 0.107. The third-order valence-corrected chi connectivity index (χ3v) is 5.41. The van der Waals surface area contributed by atoms with Crippen LogP contribution in [-0.4, -0.2) is 10.9 Å². The van der Waals surface area contributed by atoms with E-state index in [1.807, 2.05) is 17.5 Å². The molecule has 2 aromatic heterocycles. The van der Waals surface area contributed by atoms with E-state index in [9.17, 15) is 4.79 Å². The third kappa shape index (κ3) is 2.50. The van der Waals surface area contributed by atoms with Gasteiger partial charge < -0.3 is 5.32 Å². The maximum Gasteiger partial charge on any atom is 0.229 e. The van der Waals surface area contributed by atoms with Gasteiger partial charge in [-0.15, -0.1) is 22.7 Å². The molecule has 0 radical (unpaired) electrons. The summed E-state index contributed by atoms with van der Waals surface area (Å²) in [5.41, 5.74) is 0.926. The summed E-state index contributed by atoms with van der Waals surface area (Å²) in [6, 6.07) is 4.03. The zero-order chi connectivity index (χ0) is 12.7. The predicted octanol–water partition coefficient (Wildman–Crippen LogP) is 4.23. The lowest BCUT2D eigenvalue weighted by Gasteiger charge is -1.98. The molecule has 0 spiro atoms. The maximum absolute atomic E-state index is 11.8. The van der Waals surface area contributed by atoms with Crippen LogP contribution in [0.15, 0.2) is 21.3 Å². The highest BCUT2D eigenvalue weighted by molar-refractivity contribution is 9.11. The van der Waals surface area contributed by atoms with E-state index in [0.717, 1.165) is 20.8 Å². The van der Waals surface area contributed by atoms with Gasteiger partial charge in [0.1, 0.15) is 0 Å². The summed E-state index contributed by atoms with van der Waals surface area (Å²) in [5.74, 6) is 0.821. The van der Waals surface area contributed by atoms with Crippen LogP contribution in [0, 0.1) is 11.8 Å². The number of rotatable bonds is 3. The van der Waals surface area contributed by atoms with Gasteiger partial charge in [-0.3, -0.25) is 4.79 Å². The van der Waals surface area contributed by atoms with Crippen molar-refractivity contribution in [2.24, 2.45) is 11.8 Å². The summed E-state index contributed by atoms with van der Waals surface area (Å²) in [7, 11) is 0. The van der Waals surface area contributed by atoms with Gasteiger partial charge in [-0.05, 0) is 40.4 Å². The van der Waals surface area contributed by atoms with E-state index in [4.69, 9.17) is 0 Å². The first kappa shape index (κ1) is 12.3. The largest absolute Gasteiger partial charge is 0.302 e. The quantitative estimate of drug-likeness (QED) is 0.906. The van der Waals surface area contributed by atoms with Crippen molar-refractivity contribution in [2.45, 2.75) is 13.3 Å². The van der Waals surface area contributed by atoms with Gasteiger partial charge in [0.2, 0.25) is 5.91 Å². The molecule has 2 atom stereocenters. The Labute approximate surface area is 121 Å². The molecule has 1 aliphatic rings. The van der Waals surface area contributed by atoms with Crippen LogP contribution in [0.3, 0.4) is 0 Å². The van der Waals surface area contributed by atoms with Gasteiger partial charge in [-0.2, -0.15) is 0 Å². The highest BCUT2D eigenvalue weighted by atomic mass is 79.9. The minimum Gasteiger partial charge on any atom is -0.302 e. The molecule has 94 valence electrons. The van der Waals surface area contributed by atoms with Crippen molar-refractivity contribution >= 4 is 49.6 Å². The Bertz CT molecular complexity index is 592. The Balaban J connectivity index is 1.71. The van der Waals surface area contributed by atoms with E-state index in [1.54, 1.807) is 11.3 Å². The van der Waals surface area contributed by atoms with Gasteiger partial charge in [0.25, 0.3) is 0 Å². The summed E-state index contributed by atoms with van der Waals surface area (Å²) in [4.78, 5) is 17.3. The molecule has 0 saturated heterocycles. The molecule has 2 heterocycles. The highest BCUT2D eigenvalue weighted by Crippen LogP contribution is 2.39. The second kappa shape index (κ2) is 4.75. The Morgan fingerprint density at radius 3 is 2.94 bits per heavy atom. The van der Waals surface area contributed by atoms with Gasteiger partial charge in [0, 0.05) is 11.3 Å². The number of carbonyl (C=O) groups is 1. The predicted molar refractivity (Wildman–Crippen MR) is 79.0 cm³/mol. The van der Waals surface area contributed by atoms with Crippen molar-refractivity contribution in [1.82, 2.24) is 4.98 Å². The number of nitrogens with zero attached hydrogens (tertiary/aromatic N) is 1. The first-order chi connectivity index (χ1) is 8.63. The first-order valence-electron chi connectivity index (χ1n) is 5.65. The minimum absolute atomic E-state index is 0.107. The molecular weight excluding hydrogens is 332 g/mol. The van der Waals surface area contributed by atoms with Crippen molar-refractivity contribution < 1.29 is 4.79 Å². The lowest BCUT2D eigenvalue weighted by molar-refractivity contribution is -0.117. The Kier molecular flexibility index (Phi) is 3.25. The molecule has 0 aromatic carbocycles. The fourth-order valence-electron chi connectivity index (χ4n) is 1.78. The van der Waals surface area contributed by atoms with Gasteiger partial charge in [-0.25, -0.2) is 4.98 Å². The topological polar surface area (TPSA) is 42.0 Å². The summed E-state index contributed by atoms with van der Waals surface area (Å²) >= 11 is 6.55. The van der Waals surface area contributed by atoms with Gasteiger partial charge in [0.15, 0.2) is 5.13 Å². The average Bonchev–Trinajstić information content (AvgIpc) is 2.77. The average molecular weight is 343 g/mol. The number of thiophene rings is 1. The highest BCUT2D eigenvalue weighted by Gasteiger charge is 2.39. The van der Waals surface area contributed by atoms with Crippen LogP contribution in [0.2, 0.25) is 0 Å². The molecule has 6 heteroatoms. The fourth-order valence-corrected chi connectivity index (χ4v) is 3.92. The van der Waals surface area contributed by atoms with E-state index in [0.29, 0.717) is 11.0 Å². The number of halogens is 1. The Morgan fingerprint density at radius 2 is 2.33 bits per heavy atom. The number of amides is 1. The van der Waals surface area contributed by atoms with Crippen molar-refractivity contribution in [1.29, 1.82) is 0 Å². The number of hydrogen-bond acceptors (Lipinski definition) is 4. The molecule has 18 heavy (non-hydrogen) atoms. The Hall–Kier alpha value is -0.720. The van der Waals surface area contributed by atoms with Crippen LogP contribution in [0.1, 0.15) is 13.3 Å². The van der Waals surface area contributed by atoms with Crippen molar-refractivity contribution in [3.8, 4) is 10.6 Å². The van der Waals surface area contributed by atoms with E-state index in [-0.39, 0.29) is 11.8 Å². The summed E-state index contributed by atoms with van der Waals surface area (Å²) < 4.78 is 1.09. The van der Waals surface area contributed by atoms with E-state index in [1.165, 1.54) is 11.3 Å². The van der Waals surface area contributed by atoms with Crippen molar-refractivity contribution in [3.63, 3.8) is 0 Å². The van der Waals surface area contributed by atoms with Gasteiger partial charge in [0.05, 0.1) is 14.4 Å². The molecule has 3 rings (SSSR count). The van der Waals surface area contributed by atoms with Crippen LogP contribution in [0.4, 0.5) is 5.13 Å². The maximum atomic E-state index is 11.8. The summed E-state index contributed by atoms with van der Waals surface area (Å²) in [6.07, 6.45) is 1.00. The van der Waals surface area contributed by atoms with Crippen LogP contribution in [0.5, 0.6) is 0 Å². The molecule has 2 aromatic rings. The smallest absolute Gasteiger partial charge is 0.229 e. The van der Waals surface area contributed by atoms with E-state index in [2.05, 4.69) is 33.2 Å². The number of thiazole rings is 1. The molecule has 1 N–H and O–H groups in total. The SMILES string of the molecule is C[C@H]1C[C@H]1C(=O)Nc1nc(-c2ccc(Br)s2)cs1. The zero-order valence-corrected chi connectivity index (χ0v) is 12.9. The van der Waals surface area contributed by atoms with Crippen molar-refractivity contribution in [3.05, 3.63) is 21.3 Å². The molecule has 0 aliphatic heterocycles. The molecule has 0 unspecified atom stereocenters. The number of hydrogen-bond donors (Lipinski definition) is 1. The fraction of sp³-hybridized carbons (Fsp3) is 0.333. The lowest BCUT2D eigenvalue weighted by atomic mass is 10.3. The standard InChI is InChI=1S/C12H11BrN2OS2/c1-6-4-7(6)11(16)15-12-14-8(5-17-12)9-2-3-10(13)18-9/h2-3,5-7H,4H2,1H3,(H,14,15,16)/t6-,7+/m0/s1. The van der Waals surface area contributed by atoms with Crippen LogP contribution in [0.25, 0.3) is 10.6 Å². The van der Waals surface area contributed by atoms with Crippen LogP contribution < -0.4 is 5.32 Å². The van der Waals surface area contributed by atoms with Gasteiger partial charge >= 0.3 is 0 Å². The van der Waals surface area contributed by atoms with Crippen molar-refractivity contribution in [2.75, 3.05) is 5.32 Å². The third-order valence-electron chi connectivity index (χ3n) is 3.01. The second-order valence-corrected chi connectivity index (χ2v) is 7.77. The summed E-state index contributed by atoms with van der Waals surface area (Å²) in [5, 5.41) is 5.56. The van der Waals surface area contributed by atoms with Gasteiger partial charge in [-0.1, -0.05) is 6.92 Å². The van der Waals surface area contributed by atoms with Crippen LogP contribution >= 0.6 is 38.6 Å². The molecule has 1 amide bonds. The summed E-state index contributed by atoms with van der Waals surface area (Å²) in [6.45, 7) is 2.10. The number of carbonyl (C=O) groups excluding carboxylic acids is 1. The molecule has 1 saturated carbocycles.